The van der Waals surface area contributed by atoms with E-state index >= 15 is 0 Å². The lowest BCUT2D eigenvalue weighted by Crippen LogP contribution is -2.47. The largest absolute Gasteiger partial charge is 0.500 e. The maximum atomic E-state index is 5.63. The molecule has 0 aliphatic heterocycles. The van der Waals surface area contributed by atoms with Crippen molar-refractivity contribution in [1.29, 1.82) is 0 Å². The molecule has 0 rings (SSSR count). The Labute approximate surface area is 190 Å². The summed E-state index contributed by atoms with van der Waals surface area (Å²) < 4.78 is 33.8. The van der Waals surface area contributed by atoms with Gasteiger partial charge >= 0.3 is 17.6 Å². The van der Waals surface area contributed by atoms with Crippen LogP contribution in [0.3, 0.4) is 0 Å². The summed E-state index contributed by atoms with van der Waals surface area (Å²) in [4.78, 5) is 0. The van der Waals surface area contributed by atoms with Crippen molar-refractivity contribution in [2.24, 2.45) is 10.8 Å². The predicted octanol–water partition coefficient (Wildman–Crippen LogP) is 4.96. The molecule has 0 radical (unpaired) electrons. The Morgan fingerprint density at radius 2 is 0.793 bits per heavy atom. The van der Waals surface area contributed by atoms with Crippen molar-refractivity contribution < 1.29 is 26.6 Å². The highest BCUT2D eigenvalue weighted by Crippen LogP contribution is 2.43. The monoisotopic (exact) mass is 504 g/mol. The summed E-state index contributed by atoms with van der Waals surface area (Å²) in [6.07, 6.45) is -1.52. The van der Waals surface area contributed by atoms with Crippen LogP contribution >= 0.6 is 22.4 Å². The Kier molecular flexibility index (Phi) is 12.9. The van der Waals surface area contributed by atoms with Crippen molar-refractivity contribution >= 4 is 46.4 Å². The van der Waals surface area contributed by atoms with E-state index in [1.165, 1.54) is 0 Å². The van der Waals surface area contributed by atoms with Crippen molar-refractivity contribution in [2.45, 2.75) is 52.9 Å². The Balaban J connectivity index is 4.87. The van der Waals surface area contributed by atoms with E-state index in [9.17, 15) is 0 Å². The molecular weight excluding hydrogens is 461 g/mol. The third kappa shape index (κ3) is 10.5. The fraction of sp³-hybridized carbons (Fsp3) is 1.00. The lowest BCUT2D eigenvalue weighted by Gasteiger charge is -2.37. The van der Waals surface area contributed by atoms with Gasteiger partial charge in [-0.25, -0.2) is 0 Å². The molecule has 0 spiro atoms. The Hall–Kier alpha value is 1.11. The molecule has 0 aromatic heterocycles. The maximum absolute atomic E-state index is 5.63. The van der Waals surface area contributed by atoms with Crippen LogP contribution in [0.2, 0.25) is 25.2 Å². The third-order valence-corrected chi connectivity index (χ3v) is 21.8. The van der Waals surface area contributed by atoms with Gasteiger partial charge in [-0.1, -0.05) is 40.8 Å². The van der Waals surface area contributed by atoms with E-state index in [2.05, 4.69) is 63.2 Å². The van der Waals surface area contributed by atoms with E-state index in [1.54, 1.807) is 42.7 Å². The number of hydrogen-bond acceptors (Lipinski definition) is 8. The second-order valence-corrected chi connectivity index (χ2v) is 27.7. The van der Waals surface area contributed by atoms with Gasteiger partial charge in [-0.3, -0.25) is 0 Å². The lowest BCUT2D eigenvalue weighted by molar-refractivity contribution is 0.112. The molecule has 0 atom stereocenters. The quantitative estimate of drug-likeness (QED) is 0.273. The predicted molar refractivity (Wildman–Crippen MR) is 133 cm³/mol. The van der Waals surface area contributed by atoms with Gasteiger partial charge < -0.3 is 26.6 Å². The average Bonchev–Trinajstić information content (AvgIpc) is 2.68. The summed E-state index contributed by atoms with van der Waals surface area (Å²) in [6.45, 7) is 13.9. The maximum Gasteiger partial charge on any atom is 0.500 e. The summed E-state index contributed by atoms with van der Waals surface area (Å²) in [6, 6.07) is 1.61. The molecule has 0 saturated carbocycles. The zero-order valence-corrected chi connectivity index (χ0v) is 25.2. The zero-order valence-electron chi connectivity index (χ0n) is 20.6. The van der Waals surface area contributed by atoms with Gasteiger partial charge in [0.25, 0.3) is 0 Å². The highest BCUT2D eigenvalue weighted by atomic mass is 32.6. The fourth-order valence-electron chi connectivity index (χ4n) is 2.99. The number of rotatable bonds is 16. The van der Waals surface area contributed by atoms with E-state index in [0.717, 1.165) is 23.6 Å². The fourth-order valence-corrected chi connectivity index (χ4v) is 16.1. The molecule has 0 fully saturated rings. The van der Waals surface area contributed by atoms with Crippen LogP contribution in [0, 0.1) is 10.8 Å². The third-order valence-electron chi connectivity index (χ3n) is 4.88. The number of hydrogen-bond donors (Lipinski definition) is 0. The molecule has 0 N–H and O–H groups in total. The van der Waals surface area contributed by atoms with Gasteiger partial charge in [0, 0.05) is 54.7 Å². The Bertz CT molecular complexity index is 416. The van der Waals surface area contributed by atoms with Crippen LogP contribution in [-0.2, 0) is 26.6 Å². The van der Waals surface area contributed by atoms with Crippen LogP contribution in [0.15, 0.2) is 0 Å². The van der Waals surface area contributed by atoms with Crippen molar-refractivity contribution in [3.8, 4) is 0 Å². The molecular formula is C18H44O6S2Si3. The van der Waals surface area contributed by atoms with E-state index in [4.69, 9.17) is 26.6 Å². The Morgan fingerprint density at radius 3 is 1.00 bits per heavy atom. The van der Waals surface area contributed by atoms with Gasteiger partial charge in [-0.2, -0.15) is 22.4 Å². The van der Waals surface area contributed by atoms with Crippen LogP contribution < -0.4 is 0 Å². The van der Waals surface area contributed by atoms with Crippen LogP contribution in [0.1, 0.15) is 27.7 Å². The van der Waals surface area contributed by atoms with Crippen molar-refractivity contribution in [1.82, 2.24) is 0 Å². The summed E-state index contributed by atoms with van der Waals surface area (Å²) in [7, 11) is 4.94. The van der Waals surface area contributed by atoms with Crippen LogP contribution in [0.25, 0.3) is 0 Å². The molecule has 0 aliphatic carbocycles. The van der Waals surface area contributed by atoms with E-state index in [-0.39, 0.29) is 10.8 Å². The van der Waals surface area contributed by atoms with Crippen LogP contribution in [-0.4, -0.2) is 78.1 Å². The molecule has 0 unspecified atom stereocenters. The first-order chi connectivity index (χ1) is 13.2. The van der Waals surface area contributed by atoms with E-state index < -0.39 is 24.0 Å². The molecule has 0 heterocycles. The smallest absolute Gasteiger partial charge is 0.377 e. The average molecular weight is 505 g/mol. The molecule has 0 aromatic carbocycles. The summed E-state index contributed by atoms with van der Waals surface area (Å²) in [5.74, 6) is 2.11. The normalized spacial score (nSPS) is 14.5. The van der Waals surface area contributed by atoms with Gasteiger partial charge in [-0.05, 0) is 22.3 Å². The van der Waals surface area contributed by atoms with Gasteiger partial charge in [0.15, 0.2) is 6.37 Å². The van der Waals surface area contributed by atoms with Crippen molar-refractivity contribution in [3.05, 3.63) is 0 Å². The second kappa shape index (κ2) is 12.4. The molecule has 11 heteroatoms. The molecule has 6 nitrogen and oxygen atoms in total. The highest BCUT2D eigenvalue weighted by Gasteiger charge is 2.46. The van der Waals surface area contributed by atoms with E-state index in [1.807, 2.05) is 0 Å². The standard InChI is InChI=1S/C18H44O6S2Si3/c1-17(2,15-28(19-5,20-6)21-7)13-25-27(11,12)26-14-18(3,4)16-29(22-8,23-9)24-10/h13-16H2,1-12H3. The Morgan fingerprint density at radius 1 is 0.552 bits per heavy atom. The molecule has 0 aromatic rings. The minimum absolute atomic E-state index is 0.0729. The first-order valence-electron chi connectivity index (χ1n) is 9.78. The molecule has 0 saturated heterocycles. The SMILES string of the molecule is CO[Si](CC(C)(C)CS[Si](C)(C)SCC(C)(C)C[Si](OC)(OC)OC)(OC)OC. The van der Waals surface area contributed by atoms with Gasteiger partial charge in [0.05, 0.1) is 0 Å². The van der Waals surface area contributed by atoms with E-state index in [0.29, 0.717) is 0 Å². The lowest BCUT2D eigenvalue weighted by atomic mass is 10.00. The molecule has 29 heavy (non-hydrogen) atoms. The summed E-state index contributed by atoms with van der Waals surface area (Å²) in [5, 5.41) is 0. The first kappa shape index (κ1) is 30.1. The van der Waals surface area contributed by atoms with Gasteiger partial charge in [0.2, 0.25) is 0 Å². The van der Waals surface area contributed by atoms with Crippen LogP contribution in [0.4, 0.5) is 0 Å². The van der Waals surface area contributed by atoms with Gasteiger partial charge in [-0.15, -0.1) is 0 Å². The first-order valence-corrected chi connectivity index (χ1v) is 20.1. The second-order valence-electron chi connectivity index (χ2n) is 9.25. The minimum Gasteiger partial charge on any atom is -0.377 e. The summed E-state index contributed by atoms with van der Waals surface area (Å²) >= 11 is 4.22. The topological polar surface area (TPSA) is 55.4 Å². The highest BCUT2D eigenvalue weighted by molar-refractivity contribution is 8.58. The molecule has 0 bridgehead atoms. The van der Waals surface area contributed by atoms with Crippen LogP contribution in [0.5, 0.6) is 0 Å². The zero-order chi connectivity index (χ0) is 23.0. The molecule has 176 valence electrons. The van der Waals surface area contributed by atoms with Gasteiger partial charge in [0.1, 0.15) is 0 Å². The summed E-state index contributed by atoms with van der Waals surface area (Å²) in [5.41, 5.74) is 0.146. The van der Waals surface area contributed by atoms with Crippen molar-refractivity contribution in [2.75, 3.05) is 54.2 Å². The molecule has 0 aliphatic rings. The molecule has 0 amide bonds. The van der Waals surface area contributed by atoms with Crippen molar-refractivity contribution in [3.63, 3.8) is 0 Å². The minimum atomic E-state index is -2.58.